The molecule has 8 heteroatoms. The van der Waals surface area contributed by atoms with E-state index in [-0.39, 0.29) is 24.7 Å². The number of nitrogens with zero attached hydrogens (tertiary/aromatic N) is 2. The highest BCUT2D eigenvalue weighted by Gasteiger charge is 2.46. The molecule has 2 aliphatic heterocycles. The van der Waals surface area contributed by atoms with Crippen molar-refractivity contribution in [2.24, 2.45) is 0 Å². The highest BCUT2D eigenvalue weighted by molar-refractivity contribution is 6.46. The van der Waals surface area contributed by atoms with E-state index in [4.69, 9.17) is 9.47 Å². The van der Waals surface area contributed by atoms with Crippen molar-refractivity contribution in [2.45, 2.75) is 6.04 Å². The maximum absolute atomic E-state index is 13.5. The Bertz CT molecular complexity index is 1030. The van der Waals surface area contributed by atoms with Gasteiger partial charge in [-0.3, -0.25) is 9.59 Å². The van der Waals surface area contributed by atoms with Crippen LogP contribution in [0, 0.1) is 5.82 Å². The van der Waals surface area contributed by atoms with Crippen molar-refractivity contribution in [3.63, 3.8) is 0 Å². The van der Waals surface area contributed by atoms with Crippen molar-refractivity contribution in [1.29, 1.82) is 0 Å². The van der Waals surface area contributed by atoms with E-state index >= 15 is 0 Å². The number of Topliss-reactive ketones (excluding diaryl/α,β-unsaturated/α-hetero) is 1. The lowest BCUT2D eigenvalue weighted by Gasteiger charge is -2.26. The minimum atomic E-state index is -0.823. The summed E-state index contributed by atoms with van der Waals surface area (Å²) in [5.41, 5.74) is 0.831. The number of likely N-dealkylation sites (tertiary alicyclic amines) is 1. The summed E-state index contributed by atoms with van der Waals surface area (Å²) in [6.07, 6.45) is 0. The summed E-state index contributed by atoms with van der Waals surface area (Å²) >= 11 is 0. The normalized spacial score (nSPS) is 19.7. The first kappa shape index (κ1) is 19.9. The van der Waals surface area contributed by atoms with Crippen LogP contribution < -0.4 is 9.47 Å². The van der Waals surface area contributed by atoms with Crippen molar-refractivity contribution >= 4 is 17.4 Å². The number of carbonyl (C=O) groups is 2. The van der Waals surface area contributed by atoms with Gasteiger partial charge in [0, 0.05) is 18.7 Å². The third-order valence-corrected chi connectivity index (χ3v) is 5.16. The topological polar surface area (TPSA) is 79.3 Å². The number of benzene rings is 2. The third-order valence-electron chi connectivity index (χ3n) is 5.16. The van der Waals surface area contributed by atoms with Gasteiger partial charge < -0.3 is 24.4 Å². The van der Waals surface area contributed by atoms with Gasteiger partial charge in [0.25, 0.3) is 11.7 Å². The van der Waals surface area contributed by atoms with Gasteiger partial charge in [-0.15, -0.1) is 0 Å². The average molecular weight is 412 g/mol. The van der Waals surface area contributed by atoms with Gasteiger partial charge in [-0.25, -0.2) is 4.39 Å². The Hall–Kier alpha value is -3.39. The molecule has 156 valence electrons. The SMILES string of the molecule is CN(C)CCN1C(=O)C(=O)C(=C(O)c2ccc3c(c2)OCO3)[C@H]1c1ccc(F)cc1. The van der Waals surface area contributed by atoms with E-state index in [1.165, 1.54) is 29.2 Å². The molecule has 1 atom stereocenters. The van der Waals surface area contributed by atoms with Gasteiger partial charge >= 0.3 is 0 Å². The second-order valence-corrected chi connectivity index (χ2v) is 7.42. The number of rotatable bonds is 5. The van der Waals surface area contributed by atoms with Crippen molar-refractivity contribution < 1.29 is 28.6 Å². The minimum Gasteiger partial charge on any atom is -0.507 e. The number of likely N-dealkylation sites (N-methyl/N-ethyl adjacent to an activating group) is 1. The lowest BCUT2D eigenvalue weighted by atomic mass is 9.95. The smallest absolute Gasteiger partial charge is 0.295 e. The van der Waals surface area contributed by atoms with Crippen LogP contribution in [0.5, 0.6) is 11.5 Å². The number of aliphatic hydroxyl groups excluding tert-OH is 1. The van der Waals surface area contributed by atoms with Crippen LogP contribution in [0.1, 0.15) is 17.2 Å². The molecule has 0 spiro atoms. The molecule has 0 aliphatic carbocycles. The zero-order chi connectivity index (χ0) is 21.4. The van der Waals surface area contributed by atoms with Crippen molar-refractivity contribution in [3.8, 4) is 11.5 Å². The Morgan fingerprint density at radius 3 is 2.53 bits per heavy atom. The molecular weight excluding hydrogens is 391 g/mol. The third kappa shape index (κ3) is 3.50. The van der Waals surface area contributed by atoms with E-state index in [0.717, 1.165) is 0 Å². The summed E-state index contributed by atoms with van der Waals surface area (Å²) in [7, 11) is 3.71. The van der Waals surface area contributed by atoms with E-state index in [1.54, 1.807) is 18.2 Å². The molecule has 0 unspecified atom stereocenters. The Morgan fingerprint density at radius 1 is 1.13 bits per heavy atom. The summed E-state index contributed by atoms with van der Waals surface area (Å²) in [6.45, 7) is 0.871. The quantitative estimate of drug-likeness (QED) is 0.462. The Morgan fingerprint density at radius 2 is 1.83 bits per heavy atom. The predicted molar refractivity (Wildman–Crippen MR) is 107 cm³/mol. The molecule has 7 nitrogen and oxygen atoms in total. The number of halogens is 1. The lowest BCUT2D eigenvalue weighted by molar-refractivity contribution is -0.140. The van der Waals surface area contributed by atoms with E-state index < -0.39 is 23.5 Å². The number of hydrogen-bond acceptors (Lipinski definition) is 6. The van der Waals surface area contributed by atoms with E-state index in [9.17, 15) is 19.1 Å². The van der Waals surface area contributed by atoms with Crippen LogP contribution in [0.3, 0.4) is 0 Å². The molecule has 1 fully saturated rings. The second kappa shape index (κ2) is 7.79. The van der Waals surface area contributed by atoms with Gasteiger partial charge in [0.1, 0.15) is 11.6 Å². The molecule has 1 N–H and O–H groups in total. The van der Waals surface area contributed by atoms with Crippen LogP contribution in [-0.4, -0.2) is 60.6 Å². The number of aliphatic hydroxyl groups is 1. The van der Waals surface area contributed by atoms with Crippen LogP contribution in [0.2, 0.25) is 0 Å². The summed E-state index contributed by atoms with van der Waals surface area (Å²) in [5, 5.41) is 11.0. The second-order valence-electron chi connectivity index (χ2n) is 7.42. The lowest BCUT2D eigenvalue weighted by Crippen LogP contribution is -2.35. The van der Waals surface area contributed by atoms with Crippen LogP contribution in [0.4, 0.5) is 4.39 Å². The molecule has 2 aliphatic rings. The fourth-order valence-corrected chi connectivity index (χ4v) is 3.61. The molecule has 30 heavy (non-hydrogen) atoms. The van der Waals surface area contributed by atoms with E-state index in [0.29, 0.717) is 29.2 Å². The maximum Gasteiger partial charge on any atom is 0.295 e. The molecular formula is C22H21FN2O5. The standard InChI is InChI=1S/C22H21FN2O5/c1-24(2)9-10-25-19(13-3-6-15(23)7-4-13)18(21(27)22(25)28)20(26)14-5-8-16-17(11-14)30-12-29-16/h3-8,11,19,26H,9-10,12H2,1-2H3/t19-/m1/s1. The van der Waals surface area contributed by atoms with Gasteiger partial charge in [-0.1, -0.05) is 12.1 Å². The number of ether oxygens (including phenoxy) is 2. The minimum absolute atomic E-state index is 0.0378. The highest BCUT2D eigenvalue weighted by Crippen LogP contribution is 2.41. The summed E-state index contributed by atoms with van der Waals surface area (Å²) in [6, 6.07) is 9.53. The first-order valence-electron chi connectivity index (χ1n) is 9.45. The van der Waals surface area contributed by atoms with Gasteiger partial charge in [-0.2, -0.15) is 0 Å². The molecule has 2 aromatic rings. The number of carbonyl (C=O) groups excluding carboxylic acids is 2. The van der Waals surface area contributed by atoms with Gasteiger partial charge in [0.15, 0.2) is 11.5 Å². The zero-order valence-electron chi connectivity index (χ0n) is 16.6. The van der Waals surface area contributed by atoms with Crippen molar-refractivity contribution in [3.05, 3.63) is 65.0 Å². The number of ketones is 1. The first-order chi connectivity index (χ1) is 14.4. The van der Waals surface area contributed by atoms with Crippen LogP contribution >= 0.6 is 0 Å². The summed E-state index contributed by atoms with van der Waals surface area (Å²) in [4.78, 5) is 29.0. The van der Waals surface area contributed by atoms with Gasteiger partial charge in [-0.05, 0) is 50.0 Å². The Kier molecular flexibility index (Phi) is 5.17. The molecule has 0 saturated carbocycles. The highest BCUT2D eigenvalue weighted by atomic mass is 19.1. The first-order valence-corrected chi connectivity index (χ1v) is 9.45. The Labute approximate surface area is 172 Å². The fraction of sp³-hybridized carbons (Fsp3) is 0.273. The zero-order valence-corrected chi connectivity index (χ0v) is 16.6. The van der Waals surface area contributed by atoms with Crippen LogP contribution in [-0.2, 0) is 9.59 Å². The number of fused-ring (bicyclic) bond motifs is 1. The summed E-state index contributed by atoms with van der Waals surface area (Å²) in [5.74, 6) is -1.24. The molecule has 0 bridgehead atoms. The summed E-state index contributed by atoms with van der Waals surface area (Å²) < 4.78 is 24.1. The van der Waals surface area contributed by atoms with Crippen molar-refractivity contribution in [2.75, 3.05) is 34.0 Å². The molecule has 2 heterocycles. The molecule has 1 saturated heterocycles. The molecule has 1 amide bonds. The Balaban J connectivity index is 1.82. The van der Waals surface area contributed by atoms with Gasteiger partial charge in [0.2, 0.25) is 6.79 Å². The van der Waals surface area contributed by atoms with E-state index in [1.807, 2.05) is 19.0 Å². The monoisotopic (exact) mass is 412 g/mol. The maximum atomic E-state index is 13.5. The average Bonchev–Trinajstić information content (AvgIpc) is 3.29. The van der Waals surface area contributed by atoms with Crippen LogP contribution in [0.25, 0.3) is 5.76 Å². The van der Waals surface area contributed by atoms with Crippen molar-refractivity contribution in [1.82, 2.24) is 9.80 Å². The van der Waals surface area contributed by atoms with Crippen LogP contribution in [0.15, 0.2) is 48.0 Å². The molecule has 0 aromatic heterocycles. The van der Waals surface area contributed by atoms with E-state index in [2.05, 4.69) is 0 Å². The number of hydrogen-bond donors (Lipinski definition) is 1. The molecule has 0 radical (unpaired) electrons. The largest absolute Gasteiger partial charge is 0.507 e. The predicted octanol–water partition coefficient (Wildman–Crippen LogP) is 2.54. The fourth-order valence-electron chi connectivity index (χ4n) is 3.61. The van der Waals surface area contributed by atoms with Gasteiger partial charge in [0.05, 0.1) is 11.6 Å². The number of amides is 1. The molecule has 2 aromatic carbocycles. The molecule has 4 rings (SSSR count).